The monoisotopic (exact) mass is 519 g/mol. The predicted molar refractivity (Wildman–Crippen MR) is 123 cm³/mol. The number of hydrogen-bond acceptors (Lipinski definition) is 3. The molecule has 0 fully saturated rings. The second-order valence-electron chi connectivity index (χ2n) is 8.43. The number of carbonyl (C=O) groups excluding carboxylic acids is 2. The Morgan fingerprint density at radius 1 is 0.703 bits per heavy atom. The topological polar surface area (TPSA) is 83.5 Å². The van der Waals surface area contributed by atoms with Gasteiger partial charge in [0.1, 0.15) is 0 Å². The lowest BCUT2D eigenvalue weighted by molar-refractivity contribution is -0.144. The summed E-state index contributed by atoms with van der Waals surface area (Å²) in [6.45, 7) is 0. The molecule has 0 saturated carbocycles. The Bertz CT molecular complexity index is 1260. The van der Waals surface area contributed by atoms with Crippen molar-refractivity contribution < 1.29 is 41.4 Å². The van der Waals surface area contributed by atoms with Gasteiger partial charge in [-0.3, -0.25) is 14.4 Å². The van der Waals surface area contributed by atoms with Crippen LogP contribution in [0.15, 0.2) is 60.7 Å². The minimum absolute atomic E-state index is 0.0402. The Hall–Kier alpha value is -4.08. The fourth-order valence-corrected chi connectivity index (χ4v) is 3.84. The maximum absolute atomic E-state index is 14.0. The first kappa shape index (κ1) is 27.5. The van der Waals surface area contributed by atoms with Crippen molar-refractivity contribution >= 4 is 17.7 Å². The summed E-state index contributed by atoms with van der Waals surface area (Å²) in [6.07, 6.45) is -1.74. The van der Waals surface area contributed by atoms with Crippen LogP contribution in [-0.4, -0.2) is 28.8 Å². The SMILES string of the molecule is O=C(Cc1c(F)c(F)c(F)c(F)c1F)N[C@@H](Cc1ccccc1)C(=O)C[C@@H](Cc1ccccc1)C(=O)O. The highest BCUT2D eigenvalue weighted by molar-refractivity contribution is 5.92. The number of benzene rings is 3. The number of halogens is 5. The molecule has 10 heteroatoms. The summed E-state index contributed by atoms with van der Waals surface area (Å²) in [5.41, 5.74) is -0.0720. The van der Waals surface area contributed by atoms with Crippen LogP contribution in [0.1, 0.15) is 23.1 Å². The van der Waals surface area contributed by atoms with Gasteiger partial charge in [0.2, 0.25) is 11.7 Å². The van der Waals surface area contributed by atoms with Crippen LogP contribution in [-0.2, 0) is 33.6 Å². The fourth-order valence-electron chi connectivity index (χ4n) is 3.84. The summed E-state index contributed by atoms with van der Waals surface area (Å²) >= 11 is 0. The third kappa shape index (κ3) is 6.99. The van der Waals surface area contributed by atoms with Crippen molar-refractivity contribution in [3.63, 3.8) is 0 Å². The molecule has 0 aromatic heterocycles. The third-order valence-corrected chi connectivity index (χ3v) is 5.77. The fraction of sp³-hybridized carbons (Fsp3) is 0.222. The molecule has 0 bridgehead atoms. The van der Waals surface area contributed by atoms with Crippen molar-refractivity contribution in [1.82, 2.24) is 5.32 Å². The third-order valence-electron chi connectivity index (χ3n) is 5.77. The van der Waals surface area contributed by atoms with E-state index >= 15 is 0 Å². The van der Waals surface area contributed by atoms with Crippen LogP contribution < -0.4 is 5.32 Å². The molecule has 3 aromatic rings. The zero-order valence-electron chi connectivity index (χ0n) is 19.3. The van der Waals surface area contributed by atoms with E-state index in [1.165, 1.54) is 0 Å². The minimum atomic E-state index is -2.35. The second kappa shape index (κ2) is 12.2. The van der Waals surface area contributed by atoms with Gasteiger partial charge >= 0.3 is 5.97 Å². The van der Waals surface area contributed by atoms with Crippen LogP contribution in [0, 0.1) is 35.0 Å². The smallest absolute Gasteiger partial charge is 0.307 e. The number of nitrogens with one attached hydrogen (secondary N) is 1. The molecule has 0 spiro atoms. The highest BCUT2D eigenvalue weighted by Crippen LogP contribution is 2.23. The van der Waals surface area contributed by atoms with Crippen molar-refractivity contribution in [3.8, 4) is 0 Å². The van der Waals surface area contributed by atoms with Crippen molar-refractivity contribution in [1.29, 1.82) is 0 Å². The number of Topliss-reactive ketones (excluding diaryl/α,β-unsaturated/α-hetero) is 1. The van der Waals surface area contributed by atoms with Gasteiger partial charge < -0.3 is 10.4 Å². The number of amides is 1. The predicted octanol–water partition coefficient (Wildman–Crippen LogP) is 4.55. The number of carbonyl (C=O) groups is 3. The lowest BCUT2D eigenvalue weighted by Gasteiger charge is -2.20. The van der Waals surface area contributed by atoms with Crippen molar-refractivity contribution in [2.75, 3.05) is 0 Å². The molecule has 0 aliphatic heterocycles. The molecular weight excluding hydrogens is 497 g/mol. The number of ketones is 1. The largest absolute Gasteiger partial charge is 0.481 e. The lowest BCUT2D eigenvalue weighted by atomic mass is 9.90. The van der Waals surface area contributed by atoms with Gasteiger partial charge in [0, 0.05) is 12.0 Å². The highest BCUT2D eigenvalue weighted by atomic mass is 19.2. The van der Waals surface area contributed by atoms with E-state index in [0.29, 0.717) is 11.1 Å². The molecule has 5 nitrogen and oxygen atoms in total. The molecule has 1 amide bonds. The van der Waals surface area contributed by atoms with E-state index in [1.807, 2.05) is 0 Å². The Balaban J connectivity index is 1.82. The first-order chi connectivity index (χ1) is 17.6. The Morgan fingerprint density at radius 2 is 1.16 bits per heavy atom. The summed E-state index contributed by atoms with van der Waals surface area (Å²) in [7, 11) is 0. The number of rotatable bonds is 11. The van der Waals surface area contributed by atoms with Gasteiger partial charge in [-0.1, -0.05) is 60.7 Å². The molecule has 3 aromatic carbocycles. The summed E-state index contributed by atoms with van der Waals surface area (Å²) < 4.78 is 68.5. The quantitative estimate of drug-likeness (QED) is 0.221. The van der Waals surface area contributed by atoms with E-state index in [1.54, 1.807) is 60.7 Å². The number of aliphatic carboxylic acids is 1. The molecule has 2 atom stereocenters. The van der Waals surface area contributed by atoms with Crippen LogP contribution in [0.3, 0.4) is 0 Å². The molecule has 37 heavy (non-hydrogen) atoms. The molecule has 0 aliphatic carbocycles. The van der Waals surface area contributed by atoms with E-state index in [2.05, 4.69) is 5.32 Å². The lowest BCUT2D eigenvalue weighted by Crippen LogP contribution is -2.44. The first-order valence-corrected chi connectivity index (χ1v) is 11.2. The van der Waals surface area contributed by atoms with Gasteiger partial charge in [-0.2, -0.15) is 0 Å². The second-order valence-corrected chi connectivity index (χ2v) is 8.43. The highest BCUT2D eigenvalue weighted by Gasteiger charge is 2.30. The summed E-state index contributed by atoms with van der Waals surface area (Å²) in [5, 5.41) is 11.9. The zero-order valence-corrected chi connectivity index (χ0v) is 19.3. The summed E-state index contributed by atoms with van der Waals surface area (Å²) in [5.74, 6) is -15.2. The molecule has 0 aliphatic rings. The molecule has 3 rings (SSSR count). The Morgan fingerprint density at radius 3 is 1.65 bits per heavy atom. The van der Waals surface area contributed by atoms with E-state index in [4.69, 9.17) is 0 Å². The van der Waals surface area contributed by atoms with Gasteiger partial charge in [-0.05, 0) is 24.0 Å². The van der Waals surface area contributed by atoms with E-state index < -0.39 is 77.1 Å². The first-order valence-electron chi connectivity index (χ1n) is 11.2. The number of carboxylic acid groups (broad SMARTS) is 1. The van der Waals surface area contributed by atoms with Gasteiger partial charge in [-0.15, -0.1) is 0 Å². The molecule has 0 radical (unpaired) electrons. The average Bonchev–Trinajstić information content (AvgIpc) is 2.89. The van der Waals surface area contributed by atoms with E-state index in [9.17, 15) is 41.4 Å². The van der Waals surface area contributed by atoms with Crippen LogP contribution in [0.2, 0.25) is 0 Å². The van der Waals surface area contributed by atoms with Crippen LogP contribution >= 0.6 is 0 Å². The summed E-state index contributed by atoms with van der Waals surface area (Å²) in [4.78, 5) is 37.5. The summed E-state index contributed by atoms with van der Waals surface area (Å²) in [6, 6.07) is 15.6. The minimum Gasteiger partial charge on any atom is -0.481 e. The molecule has 0 saturated heterocycles. The van der Waals surface area contributed by atoms with Gasteiger partial charge in [0.05, 0.1) is 18.4 Å². The average molecular weight is 519 g/mol. The molecular formula is C27H22F5NO4. The maximum atomic E-state index is 14.0. The van der Waals surface area contributed by atoms with Crippen molar-refractivity contribution in [2.45, 2.75) is 31.7 Å². The van der Waals surface area contributed by atoms with Crippen molar-refractivity contribution in [3.05, 3.63) is 106 Å². The zero-order chi connectivity index (χ0) is 27.1. The number of carboxylic acids is 1. The van der Waals surface area contributed by atoms with Gasteiger partial charge in [0.15, 0.2) is 29.1 Å². The Labute approximate surface area is 208 Å². The Kier molecular flexibility index (Phi) is 9.10. The molecule has 2 N–H and O–H groups in total. The normalized spacial score (nSPS) is 12.6. The molecule has 194 valence electrons. The molecule has 0 heterocycles. The van der Waals surface area contributed by atoms with Crippen LogP contribution in [0.4, 0.5) is 22.0 Å². The van der Waals surface area contributed by atoms with Gasteiger partial charge in [-0.25, -0.2) is 22.0 Å². The molecule has 0 unspecified atom stereocenters. The van der Waals surface area contributed by atoms with Crippen LogP contribution in [0.25, 0.3) is 0 Å². The van der Waals surface area contributed by atoms with E-state index in [-0.39, 0.29) is 12.8 Å². The van der Waals surface area contributed by atoms with Crippen molar-refractivity contribution in [2.24, 2.45) is 5.92 Å². The van der Waals surface area contributed by atoms with Crippen LogP contribution in [0.5, 0.6) is 0 Å². The standard InChI is InChI=1S/C27H22F5NO4/c28-22-18(23(29)25(31)26(32)24(22)30)14-21(35)33-19(12-16-9-5-2-6-10-16)20(34)13-17(27(36)37)11-15-7-3-1-4-8-15/h1-10,17,19H,11-14H2,(H,33,35)(H,36,37)/t17-,19+/m1/s1. The van der Waals surface area contributed by atoms with E-state index in [0.717, 1.165) is 0 Å². The number of hydrogen-bond donors (Lipinski definition) is 2. The van der Waals surface area contributed by atoms with Gasteiger partial charge in [0.25, 0.3) is 0 Å². The maximum Gasteiger partial charge on any atom is 0.307 e.